The summed E-state index contributed by atoms with van der Waals surface area (Å²) in [5, 5.41) is 3.26. The van der Waals surface area contributed by atoms with E-state index in [1.165, 1.54) is 0 Å². The van der Waals surface area contributed by atoms with Crippen molar-refractivity contribution in [2.75, 3.05) is 30.8 Å². The van der Waals surface area contributed by atoms with E-state index >= 15 is 0 Å². The maximum atomic E-state index is 5.89. The predicted molar refractivity (Wildman–Crippen MR) is 79.3 cm³/mol. The SMILES string of the molecule is CNC1CN(c2cc(N)nc(CCC(C)(C)C)n2)C1. The average molecular weight is 263 g/mol. The molecule has 1 aliphatic heterocycles. The number of nitrogen functional groups attached to an aromatic ring is 1. The number of anilines is 2. The molecule has 1 fully saturated rings. The van der Waals surface area contributed by atoms with Gasteiger partial charge in [-0.15, -0.1) is 0 Å². The molecule has 19 heavy (non-hydrogen) atoms. The van der Waals surface area contributed by atoms with Gasteiger partial charge in [-0.05, 0) is 18.9 Å². The van der Waals surface area contributed by atoms with E-state index in [4.69, 9.17) is 5.73 Å². The Morgan fingerprint density at radius 1 is 1.37 bits per heavy atom. The summed E-state index contributed by atoms with van der Waals surface area (Å²) in [6.07, 6.45) is 1.94. The first kappa shape index (κ1) is 14.1. The van der Waals surface area contributed by atoms with Crippen LogP contribution in [0.15, 0.2) is 6.07 Å². The lowest BCUT2D eigenvalue weighted by molar-refractivity contribution is 0.374. The van der Waals surface area contributed by atoms with Crippen molar-refractivity contribution in [3.63, 3.8) is 0 Å². The Balaban J connectivity index is 2.03. The van der Waals surface area contributed by atoms with Gasteiger partial charge in [0.05, 0.1) is 0 Å². The number of rotatable bonds is 4. The molecular formula is C14H25N5. The first-order chi connectivity index (χ1) is 8.87. The number of aryl methyl sites for hydroxylation is 1. The van der Waals surface area contributed by atoms with Crippen molar-refractivity contribution in [2.24, 2.45) is 5.41 Å². The lowest BCUT2D eigenvalue weighted by atomic mass is 9.90. The second-order valence-electron chi connectivity index (χ2n) is 6.52. The van der Waals surface area contributed by atoms with Gasteiger partial charge in [-0.25, -0.2) is 9.97 Å². The van der Waals surface area contributed by atoms with Crippen LogP contribution < -0.4 is 16.0 Å². The molecule has 3 N–H and O–H groups in total. The van der Waals surface area contributed by atoms with Crippen LogP contribution in [0, 0.1) is 5.41 Å². The molecule has 0 atom stereocenters. The third-order valence-electron chi connectivity index (χ3n) is 3.49. The minimum Gasteiger partial charge on any atom is -0.384 e. The van der Waals surface area contributed by atoms with E-state index in [0.29, 0.717) is 17.3 Å². The number of hydrogen-bond acceptors (Lipinski definition) is 5. The van der Waals surface area contributed by atoms with E-state index in [-0.39, 0.29) is 0 Å². The van der Waals surface area contributed by atoms with Gasteiger partial charge in [0.15, 0.2) is 0 Å². The summed E-state index contributed by atoms with van der Waals surface area (Å²) in [4.78, 5) is 11.2. The summed E-state index contributed by atoms with van der Waals surface area (Å²) < 4.78 is 0. The average Bonchev–Trinajstić information content (AvgIpc) is 2.23. The summed E-state index contributed by atoms with van der Waals surface area (Å²) in [7, 11) is 1.99. The Labute approximate surface area is 115 Å². The summed E-state index contributed by atoms with van der Waals surface area (Å²) in [5.74, 6) is 2.39. The van der Waals surface area contributed by atoms with E-state index in [1.807, 2.05) is 13.1 Å². The molecule has 0 unspecified atom stereocenters. The van der Waals surface area contributed by atoms with Gasteiger partial charge in [-0.1, -0.05) is 20.8 Å². The van der Waals surface area contributed by atoms with Crippen LogP contribution in [-0.4, -0.2) is 36.1 Å². The first-order valence-corrected chi connectivity index (χ1v) is 6.93. The zero-order valence-electron chi connectivity index (χ0n) is 12.4. The fourth-order valence-electron chi connectivity index (χ4n) is 2.11. The highest BCUT2D eigenvalue weighted by Gasteiger charge is 2.26. The van der Waals surface area contributed by atoms with Gasteiger partial charge in [0.25, 0.3) is 0 Å². The highest BCUT2D eigenvalue weighted by molar-refractivity contribution is 5.49. The third kappa shape index (κ3) is 3.80. The largest absolute Gasteiger partial charge is 0.384 e. The van der Waals surface area contributed by atoms with Gasteiger partial charge in [-0.3, -0.25) is 0 Å². The topological polar surface area (TPSA) is 67.1 Å². The molecule has 5 nitrogen and oxygen atoms in total. The van der Waals surface area contributed by atoms with Crippen LogP contribution in [-0.2, 0) is 6.42 Å². The molecule has 0 bridgehead atoms. The highest BCUT2D eigenvalue weighted by atomic mass is 15.3. The zero-order chi connectivity index (χ0) is 14.0. The lowest BCUT2D eigenvalue weighted by Crippen LogP contribution is -2.57. The Kier molecular flexibility index (Phi) is 3.94. The molecule has 0 radical (unpaired) electrons. The summed E-state index contributed by atoms with van der Waals surface area (Å²) in [6.45, 7) is 8.67. The Morgan fingerprint density at radius 2 is 2.05 bits per heavy atom. The van der Waals surface area contributed by atoms with Crippen LogP contribution >= 0.6 is 0 Å². The summed E-state index contributed by atoms with van der Waals surface area (Å²) >= 11 is 0. The predicted octanol–water partition coefficient (Wildman–Crippen LogP) is 1.45. The van der Waals surface area contributed by atoms with Crippen molar-refractivity contribution in [2.45, 2.75) is 39.7 Å². The minimum absolute atomic E-state index is 0.294. The number of nitrogens with one attached hydrogen (secondary N) is 1. The molecule has 106 valence electrons. The zero-order valence-corrected chi connectivity index (χ0v) is 12.4. The van der Waals surface area contributed by atoms with Crippen LogP contribution in [0.4, 0.5) is 11.6 Å². The van der Waals surface area contributed by atoms with E-state index in [2.05, 4.69) is 41.0 Å². The van der Waals surface area contributed by atoms with Crippen LogP contribution in [0.2, 0.25) is 0 Å². The molecule has 1 aromatic rings. The van der Waals surface area contributed by atoms with Crippen LogP contribution in [0.1, 0.15) is 33.0 Å². The van der Waals surface area contributed by atoms with E-state index in [9.17, 15) is 0 Å². The van der Waals surface area contributed by atoms with Gasteiger partial charge in [0, 0.05) is 31.6 Å². The minimum atomic E-state index is 0.294. The summed E-state index contributed by atoms with van der Waals surface area (Å²) in [6, 6.07) is 2.43. The van der Waals surface area contributed by atoms with Crippen LogP contribution in [0.5, 0.6) is 0 Å². The van der Waals surface area contributed by atoms with E-state index in [1.54, 1.807) is 0 Å². The molecule has 1 saturated heterocycles. The maximum Gasteiger partial charge on any atom is 0.134 e. The molecule has 0 saturated carbocycles. The van der Waals surface area contributed by atoms with Gasteiger partial charge in [0.1, 0.15) is 17.5 Å². The number of likely N-dealkylation sites (N-methyl/N-ethyl adjacent to an activating group) is 1. The molecule has 1 aliphatic rings. The maximum absolute atomic E-state index is 5.89. The molecule has 5 heteroatoms. The smallest absolute Gasteiger partial charge is 0.134 e. The molecule has 2 rings (SSSR count). The van der Waals surface area contributed by atoms with Crippen LogP contribution in [0.25, 0.3) is 0 Å². The Morgan fingerprint density at radius 3 is 2.63 bits per heavy atom. The van der Waals surface area contributed by atoms with Crippen molar-refractivity contribution in [3.05, 3.63) is 11.9 Å². The molecule has 2 heterocycles. The molecular weight excluding hydrogens is 238 g/mol. The van der Waals surface area contributed by atoms with Gasteiger partial charge in [0.2, 0.25) is 0 Å². The number of aromatic nitrogens is 2. The number of nitrogens with two attached hydrogens (primary N) is 1. The van der Waals surface area contributed by atoms with Gasteiger partial charge >= 0.3 is 0 Å². The molecule has 1 aromatic heterocycles. The Hall–Kier alpha value is -1.36. The first-order valence-electron chi connectivity index (χ1n) is 6.93. The van der Waals surface area contributed by atoms with Crippen molar-refractivity contribution in [1.82, 2.24) is 15.3 Å². The normalized spacial score (nSPS) is 16.5. The van der Waals surface area contributed by atoms with E-state index < -0.39 is 0 Å². The second kappa shape index (κ2) is 5.33. The van der Waals surface area contributed by atoms with Crippen molar-refractivity contribution >= 4 is 11.6 Å². The van der Waals surface area contributed by atoms with Crippen molar-refractivity contribution < 1.29 is 0 Å². The van der Waals surface area contributed by atoms with Crippen LogP contribution in [0.3, 0.4) is 0 Å². The fourth-order valence-corrected chi connectivity index (χ4v) is 2.11. The van der Waals surface area contributed by atoms with E-state index in [0.717, 1.165) is 37.6 Å². The second-order valence-corrected chi connectivity index (χ2v) is 6.52. The molecule has 0 aliphatic carbocycles. The quantitative estimate of drug-likeness (QED) is 0.860. The standard InChI is InChI=1S/C14H25N5/c1-14(2,3)6-5-12-17-11(15)7-13(18-12)19-8-10(9-19)16-4/h7,10,16H,5-6,8-9H2,1-4H3,(H2,15,17,18). The summed E-state index contributed by atoms with van der Waals surface area (Å²) in [5.41, 5.74) is 6.18. The van der Waals surface area contributed by atoms with Crippen molar-refractivity contribution in [3.8, 4) is 0 Å². The monoisotopic (exact) mass is 263 g/mol. The lowest BCUT2D eigenvalue weighted by Gasteiger charge is -2.40. The van der Waals surface area contributed by atoms with Gasteiger partial charge in [-0.2, -0.15) is 0 Å². The number of hydrogen-bond donors (Lipinski definition) is 2. The van der Waals surface area contributed by atoms with Gasteiger partial charge < -0.3 is 16.0 Å². The van der Waals surface area contributed by atoms with Crippen molar-refractivity contribution in [1.29, 1.82) is 0 Å². The number of nitrogens with zero attached hydrogens (tertiary/aromatic N) is 3. The highest BCUT2D eigenvalue weighted by Crippen LogP contribution is 2.23. The molecule has 0 amide bonds. The Bertz CT molecular complexity index is 432. The molecule has 0 aromatic carbocycles. The third-order valence-corrected chi connectivity index (χ3v) is 3.49. The fraction of sp³-hybridized carbons (Fsp3) is 0.714. The molecule has 0 spiro atoms.